The fourth-order valence-electron chi connectivity index (χ4n) is 2.21. The predicted molar refractivity (Wildman–Crippen MR) is 73.4 cm³/mol. The summed E-state index contributed by atoms with van der Waals surface area (Å²) in [4.78, 5) is 0. The lowest BCUT2D eigenvalue weighted by Crippen LogP contribution is -2.20. The predicted octanol–water partition coefficient (Wildman–Crippen LogP) is 4.37. The van der Waals surface area contributed by atoms with Gasteiger partial charge in [-0.25, -0.2) is 13.2 Å². The molecule has 0 aliphatic heterocycles. The second kappa shape index (κ2) is 5.85. The van der Waals surface area contributed by atoms with Crippen LogP contribution >= 0.6 is 11.6 Å². The Morgan fingerprint density at radius 1 is 1.00 bits per heavy atom. The third-order valence-electron chi connectivity index (χ3n) is 3.21. The van der Waals surface area contributed by atoms with Gasteiger partial charge in [-0.1, -0.05) is 23.7 Å². The van der Waals surface area contributed by atoms with Crippen molar-refractivity contribution < 1.29 is 13.2 Å². The summed E-state index contributed by atoms with van der Waals surface area (Å²) in [5, 5.41) is 3.47. The highest BCUT2D eigenvalue weighted by molar-refractivity contribution is 6.30. The lowest BCUT2D eigenvalue weighted by atomic mass is 9.94. The minimum Gasteiger partial charge on any atom is -0.309 e. The van der Waals surface area contributed by atoms with Gasteiger partial charge in [-0.05, 0) is 43.3 Å². The number of halogens is 4. The van der Waals surface area contributed by atoms with E-state index in [1.54, 1.807) is 25.2 Å². The number of nitrogens with one attached hydrogen (secondary N) is 1. The number of hydrogen-bond donors (Lipinski definition) is 1. The molecule has 106 valence electrons. The molecule has 20 heavy (non-hydrogen) atoms. The van der Waals surface area contributed by atoms with Crippen LogP contribution in [0, 0.1) is 24.4 Å². The zero-order valence-corrected chi connectivity index (χ0v) is 11.7. The van der Waals surface area contributed by atoms with Crippen LogP contribution in [0.3, 0.4) is 0 Å². The maximum atomic E-state index is 13.9. The van der Waals surface area contributed by atoms with Crippen LogP contribution in [0.15, 0.2) is 30.3 Å². The van der Waals surface area contributed by atoms with Gasteiger partial charge >= 0.3 is 0 Å². The van der Waals surface area contributed by atoms with E-state index in [4.69, 9.17) is 11.6 Å². The largest absolute Gasteiger partial charge is 0.309 e. The average molecular weight is 300 g/mol. The molecular formula is C15H13ClF3N. The standard InChI is InChI=1S/C15H13ClF3N/c1-8-7-9(16)3-4-10(8)15(20-2)11-5-6-12(17)14(19)13(11)18/h3-7,15,20H,1-2H3. The summed E-state index contributed by atoms with van der Waals surface area (Å²) in [7, 11) is 1.62. The van der Waals surface area contributed by atoms with Crippen LogP contribution in [-0.2, 0) is 0 Å². The van der Waals surface area contributed by atoms with E-state index in [9.17, 15) is 13.2 Å². The van der Waals surface area contributed by atoms with Crippen molar-refractivity contribution >= 4 is 11.6 Å². The Labute approximate surface area is 120 Å². The van der Waals surface area contributed by atoms with Gasteiger partial charge in [-0.15, -0.1) is 0 Å². The molecule has 0 spiro atoms. The highest BCUT2D eigenvalue weighted by Crippen LogP contribution is 2.29. The van der Waals surface area contributed by atoms with E-state index in [0.717, 1.165) is 17.2 Å². The number of benzene rings is 2. The van der Waals surface area contributed by atoms with Crippen LogP contribution in [0.4, 0.5) is 13.2 Å². The van der Waals surface area contributed by atoms with Gasteiger partial charge in [0.2, 0.25) is 0 Å². The Bertz CT molecular complexity index is 643. The zero-order valence-electron chi connectivity index (χ0n) is 11.0. The van der Waals surface area contributed by atoms with E-state index in [-0.39, 0.29) is 5.56 Å². The van der Waals surface area contributed by atoms with Crippen molar-refractivity contribution in [2.45, 2.75) is 13.0 Å². The normalized spacial score (nSPS) is 12.5. The topological polar surface area (TPSA) is 12.0 Å². The SMILES string of the molecule is CNC(c1ccc(Cl)cc1C)c1ccc(F)c(F)c1F. The van der Waals surface area contributed by atoms with Crippen molar-refractivity contribution in [1.82, 2.24) is 5.32 Å². The molecule has 2 aromatic carbocycles. The molecule has 1 nitrogen and oxygen atoms in total. The van der Waals surface area contributed by atoms with Crippen molar-refractivity contribution in [2.24, 2.45) is 0 Å². The second-order valence-electron chi connectivity index (χ2n) is 4.49. The summed E-state index contributed by atoms with van der Waals surface area (Å²) in [5.41, 5.74) is 1.64. The number of aryl methyl sites for hydroxylation is 1. The van der Waals surface area contributed by atoms with Crippen LogP contribution < -0.4 is 5.32 Å². The van der Waals surface area contributed by atoms with Crippen LogP contribution in [0.25, 0.3) is 0 Å². The van der Waals surface area contributed by atoms with E-state index < -0.39 is 23.5 Å². The summed E-state index contributed by atoms with van der Waals surface area (Å²) < 4.78 is 40.3. The fraction of sp³-hybridized carbons (Fsp3) is 0.200. The first-order valence-corrected chi connectivity index (χ1v) is 6.40. The molecule has 0 aromatic heterocycles. The molecule has 0 heterocycles. The highest BCUT2D eigenvalue weighted by Gasteiger charge is 2.22. The molecule has 0 aliphatic carbocycles. The van der Waals surface area contributed by atoms with Crippen LogP contribution in [0.2, 0.25) is 5.02 Å². The summed E-state index contributed by atoms with van der Waals surface area (Å²) in [6, 6.07) is 6.72. The quantitative estimate of drug-likeness (QED) is 0.830. The lowest BCUT2D eigenvalue weighted by molar-refractivity contribution is 0.435. The van der Waals surface area contributed by atoms with Crippen molar-refractivity contribution in [1.29, 1.82) is 0 Å². The third-order valence-corrected chi connectivity index (χ3v) is 3.44. The second-order valence-corrected chi connectivity index (χ2v) is 4.92. The number of rotatable bonds is 3. The molecule has 0 aliphatic rings. The molecule has 0 saturated heterocycles. The van der Waals surface area contributed by atoms with Gasteiger partial charge in [0, 0.05) is 10.6 Å². The van der Waals surface area contributed by atoms with Crippen LogP contribution in [-0.4, -0.2) is 7.05 Å². The number of hydrogen-bond acceptors (Lipinski definition) is 1. The molecule has 1 unspecified atom stereocenters. The van der Waals surface area contributed by atoms with Gasteiger partial charge in [0.05, 0.1) is 6.04 Å². The monoisotopic (exact) mass is 299 g/mol. The van der Waals surface area contributed by atoms with E-state index in [0.29, 0.717) is 5.02 Å². The molecule has 1 atom stereocenters. The van der Waals surface area contributed by atoms with Gasteiger partial charge in [0.1, 0.15) is 0 Å². The Balaban J connectivity index is 2.55. The van der Waals surface area contributed by atoms with Crippen LogP contribution in [0.5, 0.6) is 0 Å². The van der Waals surface area contributed by atoms with E-state index >= 15 is 0 Å². The Hall–Kier alpha value is -1.52. The zero-order chi connectivity index (χ0) is 14.9. The van der Waals surface area contributed by atoms with Crippen LogP contribution in [0.1, 0.15) is 22.7 Å². The van der Waals surface area contributed by atoms with Crippen molar-refractivity contribution in [3.8, 4) is 0 Å². The first kappa shape index (κ1) is 14.9. The molecule has 0 amide bonds. The average Bonchev–Trinajstić information content (AvgIpc) is 2.41. The molecule has 0 radical (unpaired) electrons. The molecule has 2 aromatic rings. The van der Waals surface area contributed by atoms with Gasteiger partial charge in [-0.3, -0.25) is 0 Å². The van der Waals surface area contributed by atoms with E-state index in [1.165, 1.54) is 6.07 Å². The summed E-state index contributed by atoms with van der Waals surface area (Å²) in [5.74, 6) is -3.85. The van der Waals surface area contributed by atoms with Crippen molar-refractivity contribution in [3.05, 3.63) is 69.5 Å². The smallest absolute Gasteiger partial charge is 0.194 e. The van der Waals surface area contributed by atoms with Gasteiger partial charge in [-0.2, -0.15) is 0 Å². The molecule has 2 rings (SSSR count). The van der Waals surface area contributed by atoms with Crippen molar-refractivity contribution in [3.63, 3.8) is 0 Å². The Kier molecular flexibility index (Phi) is 4.35. The fourth-order valence-corrected chi connectivity index (χ4v) is 2.43. The highest BCUT2D eigenvalue weighted by atomic mass is 35.5. The third kappa shape index (κ3) is 2.67. The van der Waals surface area contributed by atoms with E-state index in [1.807, 2.05) is 6.92 Å². The summed E-state index contributed by atoms with van der Waals surface area (Å²) in [6.07, 6.45) is 0. The van der Waals surface area contributed by atoms with Crippen molar-refractivity contribution in [2.75, 3.05) is 7.05 Å². The molecule has 0 fully saturated rings. The first-order valence-electron chi connectivity index (χ1n) is 6.02. The molecule has 5 heteroatoms. The van der Waals surface area contributed by atoms with E-state index in [2.05, 4.69) is 5.32 Å². The Morgan fingerprint density at radius 3 is 2.25 bits per heavy atom. The van der Waals surface area contributed by atoms with Gasteiger partial charge in [0.25, 0.3) is 0 Å². The maximum Gasteiger partial charge on any atom is 0.194 e. The first-order chi connectivity index (χ1) is 9.45. The molecular weight excluding hydrogens is 287 g/mol. The lowest BCUT2D eigenvalue weighted by Gasteiger charge is -2.20. The summed E-state index contributed by atoms with van der Waals surface area (Å²) >= 11 is 5.88. The molecule has 0 bridgehead atoms. The maximum absolute atomic E-state index is 13.9. The minimum absolute atomic E-state index is 0.0526. The summed E-state index contributed by atoms with van der Waals surface area (Å²) in [6.45, 7) is 1.82. The minimum atomic E-state index is -1.46. The van der Waals surface area contributed by atoms with Gasteiger partial charge in [0.15, 0.2) is 17.5 Å². The van der Waals surface area contributed by atoms with Gasteiger partial charge < -0.3 is 5.32 Å². The Morgan fingerprint density at radius 2 is 1.65 bits per heavy atom. The molecule has 1 N–H and O–H groups in total. The molecule has 0 saturated carbocycles.